The first-order valence-electron chi connectivity index (χ1n) is 49.1. The lowest BCUT2D eigenvalue weighted by molar-refractivity contribution is -0.122. The summed E-state index contributed by atoms with van der Waals surface area (Å²) in [5, 5.41) is 40.7. The minimum Gasteiger partial charge on any atom is -0.491 e. The van der Waals surface area contributed by atoms with Gasteiger partial charge in [0.1, 0.15) is 41.4 Å². The Morgan fingerprint density at radius 3 is 1.39 bits per heavy atom. The largest absolute Gasteiger partial charge is 0.491 e. The van der Waals surface area contributed by atoms with E-state index in [4.69, 9.17) is 45.0 Å². The Morgan fingerprint density at radius 2 is 0.901 bits per heavy atom. The number of carbonyl (C=O) groups is 10. The first kappa shape index (κ1) is 113. The smallest absolute Gasteiger partial charge is 0.291 e. The summed E-state index contributed by atoms with van der Waals surface area (Å²) in [4.78, 5) is 153. The molecule has 2 aromatic carbocycles. The van der Waals surface area contributed by atoms with Crippen LogP contribution in [0.2, 0.25) is 5.02 Å². The molecule has 40 nitrogen and oxygen atoms in total. The van der Waals surface area contributed by atoms with Crippen LogP contribution in [0, 0.1) is 6.92 Å². The van der Waals surface area contributed by atoms with E-state index >= 15 is 0 Å². The molecule has 142 heavy (non-hydrogen) atoms. The minimum absolute atomic E-state index is 0.00335. The molecule has 6 aromatic heterocycles. The van der Waals surface area contributed by atoms with E-state index in [0.717, 1.165) is 53.8 Å². The van der Waals surface area contributed by atoms with Gasteiger partial charge >= 0.3 is 0 Å². The van der Waals surface area contributed by atoms with Crippen LogP contribution in [0.25, 0.3) is 6.20 Å². The van der Waals surface area contributed by atoms with Gasteiger partial charge in [0.05, 0.1) is 89.6 Å². The fraction of sp³-hybridized carbons (Fsp3) is 0.540. The third-order valence-corrected chi connectivity index (χ3v) is 24.4. The number of hydrogen-bond donors (Lipinski definition) is 12. The van der Waals surface area contributed by atoms with Crippen molar-refractivity contribution in [3.8, 4) is 5.75 Å². The Morgan fingerprint density at radius 1 is 0.458 bits per heavy atom. The Kier molecular flexibility index (Phi) is 48.0. The van der Waals surface area contributed by atoms with Crippen LogP contribution < -0.4 is 63.2 Å². The summed E-state index contributed by atoms with van der Waals surface area (Å²) in [5.74, 6) is -1.44. The number of anilines is 6. The van der Waals surface area contributed by atoms with Gasteiger partial charge in [-0.15, -0.1) is 22.8 Å². The molecule has 0 saturated carbocycles. The van der Waals surface area contributed by atoms with Gasteiger partial charge in [-0.1, -0.05) is 121 Å². The SMILES string of the molecule is CCCCCCCCCCCCCCCC(C)(CC)Nc1cn(C)c(C(=O)Nc2cc(C(=O)NCCC(=O)Nc3cn(C)c(C(=O)Nc4cc(C(=O)NCCC(=O)Nc5cn(C)c(C(=O)NCCC(=O)NCCCN(C)CCCNC(=O)CCOCCOCCOCCOCCOCCOc6ccc(NC(=O)C[C@@H]7N=C(c8ccc(Cl)cc8)C(/C(C)=C(/C)S)=Cn8c(C)nnc87)cc6)n5)n(C)c4)n3)n(C)c2)n1. The fourth-order valence-corrected chi connectivity index (χ4v) is 15.8. The lowest BCUT2D eigenvalue weighted by atomic mass is 9.91. The van der Waals surface area contributed by atoms with Crippen LogP contribution in [0.4, 0.5) is 34.5 Å². The van der Waals surface area contributed by atoms with Gasteiger partial charge in [0.2, 0.25) is 47.0 Å². The molecule has 42 heteroatoms. The molecule has 1 aliphatic heterocycles. The molecular formula is C100H145ClN24O16S. The average molecular weight is 2010 g/mol. The highest BCUT2D eigenvalue weighted by molar-refractivity contribution is 7.84. The van der Waals surface area contributed by atoms with Crippen LogP contribution in [0.5, 0.6) is 5.75 Å². The third-order valence-electron chi connectivity index (χ3n) is 23.8. The van der Waals surface area contributed by atoms with Crippen LogP contribution in [-0.4, -0.2) is 253 Å². The summed E-state index contributed by atoms with van der Waals surface area (Å²) in [6.07, 6.45) is 30.0. The Labute approximate surface area is 842 Å². The van der Waals surface area contributed by atoms with Gasteiger partial charge in [0, 0.05) is 158 Å². The van der Waals surface area contributed by atoms with Crippen molar-refractivity contribution in [2.45, 2.75) is 194 Å². The Bertz CT molecular complexity index is 5520. The summed E-state index contributed by atoms with van der Waals surface area (Å²) in [7, 11) is 10.2. The quantitative estimate of drug-likeness (QED) is 0.0124. The monoisotopic (exact) mass is 2010 g/mol. The number of aryl methyl sites for hydroxylation is 6. The first-order chi connectivity index (χ1) is 68.4. The maximum atomic E-state index is 13.6. The van der Waals surface area contributed by atoms with E-state index in [1.807, 2.05) is 69.0 Å². The molecule has 774 valence electrons. The Hall–Kier alpha value is -12.4. The van der Waals surface area contributed by atoms with Crippen molar-refractivity contribution in [1.82, 2.24) is 84.0 Å². The number of imidazole rings is 3. The van der Waals surface area contributed by atoms with Crippen LogP contribution in [-0.2, 0) is 82.9 Å². The number of halogens is 1. The van der Waals surface area contributed by atoms with Gasteiger partial charge in [-0.3, -0.25) is 57.5 Å². The van der Waals surface area contributed by atoms with Gasteiger partial charge < -0.3 is 115 Å². The van der Waals surface area contributed by atoms with Gasteiger partial charge in [0.25, 0.3) is 29.5 Å². The summed E-state index contributed by atoms with van der Waals surface area (Å²) >= 11 is 10.9. The number of unbranched alkanes of at least 4 members (excludes halogenated alkanes) is 12. The predicted molar refractivity (Wildman–Crippen MR) is 551 cm³/mol. The van der Waals surface area contributed by atoms with Gasteiger partial charge in [0.15, 0.2) is 17.5 Å². The lowest BCUT2D eigenvalue weighted by Crippen LogP contribution is -2.34. The highest BCUT2D eigenvalue weighted by atomic mass is 35.5. The van der Waals surface area contributed by atoms with E-state index in [1.54, 1.807) is 80.9 Å². The number of ether oxygens (including phenoxy) is 6. The zero-order valence-corrected chi connectivity index (χ0v) is 85.9. The summed E-state index contributed by atoms with van der Waals surface area (Å²) < 4.78 is 43.3. The number of fused-ring (bicyclic) bond motifs is 1. The van der Waals surface area contributed by atoms with E-state index in [0.29, 0.717) is 137 Å². The number of hydrogen-bond acceptors (Lipinski definition) is 25. The average Bonchev–Trinajstić information content (AvgIpc) is 1.63. The summed E-state index contributed by atoms with van der Waals surface area (Å²) in [5.41, 5.74) is 4.77. The zero-order chi connectivity index (χ0) is 102. The number of allylic oxidation sites excluding steroid dienone is 3. The molecule has 1 unspecified atom stereocenters. The molecule has 10 amide bonds. The van der Waals surface area contributed by atoms with Crippen LogP contribution in [0.3, 0.4) is 0 Å². The molecule has 0 radical (unpaired) electrons. The van der Waals surface area contributed by atoms with E-state index in [1.165, 1.54) is 115 Å². The molecule has 7 heterocycles. The predicted octanol–water partition coefficient (Wildman–Crippen LogP) is 12.5. The molecule has 9 rings (SSSR count). The second kappa shape index (κ2) is 60.1. The number of benzene rings is 2. The normalized spacial score (nSPS) is 13.0. The fourth-order valence-electron chi connectivity index (χ4n) is 15.5. The number of amides is 10. The van der Waals surface area contributed by atoms with Crippen molar-refractivity contribution in [2.75, 3.05) is 157 Å². The molecule has 0 spiro atoms. The van der Waals surface area contributed by atoms with Gasteiger partial charge in [-0.05, 0) is 133 Å². The number of aromatic nitrogens is 11. The van der Waals surface area contributed by atoms with E-state index in [9.17, 15) is 47.9 Å². The van der Waals surface area contributed by atoms with Crippen molar-refractivity contribution in [2.24, 2.45) is 40.2 Å². The number of nitrogens with one attached hydrogen (secondary N) is 11. The summed E-state index contributed by atoms with van der Waals surface area (Å²) in [6, 6.07) is 16.9. The topological polar surface area (TPSA) is 468 Å². The Balaban J connectivity index is 0.526. The molecule has 0 bridgehead atoms. The maximum Gasteiger partial charge on any atom is 0.291 e. The number of nitrogens with zero attached hydrogens (tertiary/aromatic N) is 13. The second-order valence-electron chi connectivity index (χ2n) is 35.6. The molecule has 0 saturated heterocycles. The van der Waals surface area contributed by atoms with Crippen LogP contribution in [0.1, 0.15) is 252 Å². The van der Waals surface area contributed by atoms with E-state index in [2.05, 4.69) is 122 Å². The highest BCUT2D eigenvalue weighted by Gasteiger charge is 2.31. The molecule has 0 aliphatic carbocycles. The molecule has 0 fully saturated rings. The number of thiol groups is 1. The minimum atomic E-state index is -0.639. The third kappa shape index (κ3) is 38.8. The van der Waals surface area contributed by atoms with Crippen molar-refractivity contribution in [3.05, 3.63) is 159 Å². The van der Waals surface area contributed by atoms with E-state index < -0.39 is 47.4 Å². The first-order valence-corrected chi connectivity index (χ1v) is 49.9. The molecule has 11 N–H and O–H groups in total. The molecule has 1 aliphatic rings. The molecule has 8 aromatic rings. The van der Waals surface area contributed by atoms with E-state index in [-0.39, 0.29) is 128 Å². The van der Waals surface area contributed by atoms with Crippen molar-refractivity contribution in [1.29, 1.82) is 0 Å². The van der Waals surface area contributed by atoms with Crippen LogP contribution >= 0.6 is 24.2 Å². The molecule has 2 atom stereocenters. The highest BCUT2D eigenvalue weighted by Crippen LogP contribution is 2.34. The number of aliphatic imine (C=N–C) groups is 1. The second-order valence-corrected chi connectivity index (χ2v) is 36.7. The van der Waals surface area contributed by atoms with Gasteiger partial charge in [-0.25, -0.2) is 15.0 Å². The standard InChI is InChI=1S/C100H145ClN24O16S/c1-13-15-16-17-18-19-20-21-22-23-24-25-26-41-100(6,14-2)116-84-68-124(12)94(115-84)99(135)109-76-61-81(121(9)64-76)96(132)105-46-39-88(129)112-83-67-123(11)93(114-83)98(134)108-75-60-80(120(8)63-75)95(131)104-45-38-87(128)111-82-66-122(10)92(113-82)97(133)106-44-37-85(126)102-42-27-47-119(7)48-28-43-103-86(127)40-49-136-50-51-137-52-53-138-54-55-139-56-57-140-58-59-141-77-35-33-74(34-36-77)107-89(130)62-79-91-118-117-71(5)125(91)65-78(69(3)70(4)142)90(110-79)72-29-31-73(101)32-30-72/h29-36,60-61,63-68,79,116,142H,13-28,37-59,62H2,1-12H3,(H,102,126)(H,103,127)(H,104,131)(H,105,132)(H,106,133)(H,107,130)(H,108,134)(H,109,135)(H,111,128)(H,112,129)/b70-69-/t79-,100?/m0/s1. The van der Waals surface area contributed by atoms with Crippen LogP contribution in [0.15, 0.2) is 113 Å². The zero-order valence-electron chi connectivity index (χ0n) is 84.3. The molecular weight excluding hydrogens is 1860 g/mol. The van der Waals surface area contributed by atoms with Gasteiger partial charge in [-0.2, -0.15) is 0 Å². The van der Waals surface area contributed by atoms with Crippen molar-refractivity contribution < 1.29 is 76.4 Å². The maximum absolute atomic E-state index is 13.6. The van der Waals surface area contributed by atoms with Crippen molar-refractivity contribution >= 4 is 130 Å². The van der Waals surface area contributed by atoms with Crippen molar-refractivity contribution in [3.63, 3.8) is 0 Å². The summed E-state index contributed by atoms with van der Waals surface area (Å²) in [6.45, 7) is 18.7. The number of rotatable bonds is 67. The lowest BCUT2D eigenvalue weighted by Gasteiger charge is -2.30. The number of carbonyl (C=O) groups excluding carboxylic acids is 10.